The van der Waals surface area contributed by atoms with E-state index in [1.54, 1.807) is 6.07 Å². The van der Waals surface area contributed by atoms with Crippen LogP contribution in [0, 0.1) is 6.92 Å². The molecule has 0 radical (unpaired) electrons. The number of hydrogen-bond donors (Lipinski definition) is 2. The van der Waals surface area contributed by atoms with Crippen molar-refractivity contribution in [3.8, 4) is 0 Å². The minimum Gasteiger partial charge on any atom is -0.348 e. The number of aryl methyl sites for hydroxylation is 1. The van der Waals surface area contributed by atoms with Crippen molar-refractivity contribution in [2.24, 2.45) is 0 Å². The predicted molar refractivity (Wildman–Crippen MR) is 86.9 cm³/mol. The van der Waals surface area contributed by atoms with Crippen LogP contribution < -0.4 is 10.9 Å². The van der Waals surface area contributed by atoms with E-state index in [1.165, 1.54) is 6.07 Å². The normalized spacial score (nSPS) is 10.6. The third kappa shape index (κ3) is 2.76. The molecule has 3 aromatic rings. The van der Waals surface area contributed by atoms with Gasteiger partial charge in [-0.15, -0.1) is 0 Å². The summed E-state index contributed by atoms with van der Waals surface area (Å²) in [5, 5.41) is 3.62. The van der Waals surface area contributed by atoms with Crippen molar-refractivity contribution in [1.82, 2.24) is 10.3 Å². The number of pyridine rings is 1. The molecule has 4 nitrogen and oxygen atoms in total. The Morgan fingerprint density at radius 2 is 1.82 bits per heavy atom. The lowest BCUT2D eigenvalue weighted by Gasteiger charge is -2.09. The summed E-state index contributed by atoms with van der Waals surface area (Å²) in [7, 11) is 0. The Balaban J connectivity index is 1.90. The van der Waals surface area contributed by atoms with Crippen LogP contribution in [-0.2, 0) is 6.54 Å². The Morgan fingerprint density at radius 1 is 1.09 bits per heavy atom. The SMILES string of the molecule is Cc1ccccc1CNC(=O)c1cc(=O)[nH]c2ccccc12. The standard InChI is InChI=1S/C18H16N2O2/c1-12-6-2-3-7-13(12)11-19-18(22)15-10-17(21)20-16-9-5-4-8-14(15)16/h2-10H,11H2,1H3,(H,19,22)(H,20,21). The van der Waals surface area contributed by atoms with Crippen molar-refractivity contribution in [2.75, 3.05) is 0 Å². The molecule has 0 saturated heterocycles. The number of carbonyl (C=O) groups excluding carboxylic acids is 1. The number of para-hydroxylation sites is 1. The van der Waals surface area contributed by atoms with Gasteiger partial charge in [0.05, 0.1) is 5.56 Å². The van der Waals surface area contributed by atoms with Gasteiger partial charge >= 0.3 is 0 Å². The Hall–Kier alpha value is -2.88. The van der Waals surface area contributed by atoms with E-state index in [0.29, 0.717) is 17.6 Å². The molecule has 2 N–H and O–H groups in total. The van der Waals surface area contributed by atoms with Crippen LogP contribution >= 0.6 is 0 Å². The Labute approximate surface area is 127 Å². The van der Waals surface area contributed by atoms with Crippen molar-refractivity contribution in [1.29, 1.82) is 0 Å². The zero-order valence-electron chi connectivity index (χ0n) is 12.2. The van der Waals surface area contributed by atoms with Crippen molar-refractivity contribution < 1.29 is 4.79 Å². The number of carbonyl (C=O) groups is 1. The van der Waals surface area contributed by atoms with Crippen LogP contribution in [0.2, 0.25) is 0 Å². The lowest BCUT2D eigenvalue weighted by molar-refractivity contribution is 0.0952. The number of H-pyrrole nitrogens is 1. The average molecular weight is 292 g/mol. The second kappa shape index (κ2) is 5.85. The highest BCUT2D eigenvalue weighted by Gasteiger charge is 2.11. The molecule has 0 fully saturated rings. The van der Waals surface area contributed by atoms with Gasteiger partial charge in [-0.2, -0.15) is 0 Å². The zero-order chi connectivity index (χ0) is 15.5. The smallest absolute Gasteiger partial charge is 0.252 e. The largest absolute Gasteiger partial charge is 0.348 e. The van der Waals surface area contributed by atoms with E-state index in [4.69, 9.17) is 0 Å². The molecule has 1 amide bonds. The molecule has 0 atom stereocenters. The predicted octanol–water partition coefficient (Wildman–Crippen LogP) is 2.77. The molecule has 1 aromatic heterocycles. The Morgan fingerprint density at radius 3 is 2.64 bits per heavy atom. The van der Waals surface area contributed by atoms with Gasteiger partial charge in [-0.1, -0.05) is 42.5 Å². The molecular formula is C18H16N2O2. The van der Waals surface area contributed by atoms with Crippen LogP contribution in [0.1, 0.15) is 21.5 Å². The highest BCUT2D eigenvalue weighted by molar-refractivity contribution is 6.05. The second-order valence-electron chi connectivity index (χ2n) is 5.20. The van der Waals surface area contributed by atoms with Crippen molar-refractivity contribution in [3.05, 3.63) is 81.6 Å². The third-order valence-corrected chi connectivity index (χ3v) is 3.70. The molecule has 22 heavy (non-hydrogen) atoms. The van der Waals surface area contributed by atoms with E-state index in [-0.39, 0.29) is 11.5 Å². The fourth-order valence-electron chi connectivity index (χ4n) is 2.47. The molecule has 0 spiro atoms. The maximum Gasteiger partial charge on any atom is 0.252 e. The highest BCUT2D eigenvalue weighted by Crippen LogP contribution is 2.15. The number of fused-ring (bicyclic) bond motifs is 1. The molecule has 0 aliphatic rings. The summed E-state index contributed by atoms with van der Waals surface area (Å²) < 4.78 is 0. The summed E-state index contributed by atoms with van der Waals surface area (Å²) in [6, 6.07) is 16.5. The molecule has 0 aliphatic carbocycles. The third-order valence-electron chi connectivity index (χ3n) is 3.70. The van der Waals surface area contributed by atoms with E-state index in [1.807, 2.05) is 49.4 Å². The fraction of sp³-hybridized carbons (Fsp3) is 0.111. The van der Waals surface area contributed by atoms with Crippen LogP contribution in [0.25, 0.3) is 10.9 Å². The van der Waals surface area contributed by atoms with Crippen molar-refractivity contribution >= 4 is 16.8 Å². The number of aromatic amines is 1. The topological polar surface area (TPSA) is 62.0 Å². The van der Waals surface area contributed by atoms with Gasteiger partial charge in [-0.3, -0.25) is 9.59 Å². The number of benzene rings is 2. The number of hydrogen-bond acceptors (Lipinski definition) is 2. The first-order chi connectivity index (χ1) is 10.6. The first-order valence-electron chi connectivity index (χ1n) is 7.10. The highest BCUT2D eigenvalue weighted by atomic mass is 16.2. The molecule has 0 aliphatic heterocycles. The molecule has 1 heterocycles. The number of nitrogens with one attached hydrogen (secondary N) is 2. The number of aromatic nitrogens is 1. The molecular weight excluding hydrogens is 276 g/mol. The molecule has 0 saturated carbocycles. The van der Waals surface area contributed by atoms with Crippen LogP contribution in [-0.4, -0.2) is 10.9 Å². The Bertz CT molecular complexity index is 897. The monoisotopic (exact) mass is 292 g/mol. The minimum atomic E-state index is -0.278. The van der Waals surface area contributed by atoms with Gasteiger partial charge in [0, 0.05) is 23.5 Å². The van der Waals surface area contributed by atoms with Gasteiger partial charge in [-0.25, -0.2) is 0 Å². The van der Waals surface area contributed by atoms with Gasteiger partial charge in [0.15, 0.2) is 0 Å². The van der Waals surface area contributed by atoms with Gasteiger partial charge in [0.2, 0.25) is 5.56 Å². The number of amides is 1. The quantitative estimate of drug-likeness (QED) is 0.779. The maximum absolute atomic E-state index is 12.4. The van der Waals surface area contributed by atoms with E-state index >= 15 is 0 Å². The minimum absolute atomic E-state index is 0.245. The molecule has 2 aromatic carbocycles. The first-order valence-corrected chi connectivity index (χ1v) is 7.10. The van der Waals surface area contributed by atoms with Crippen LogP contribution in [0.5, 0.6) is 0 Å². The molecule has 0 bridgehead atoms. The summed E-state index contributed by atoms with van der Waals surface area (Å²) in [5.41, 5.74) is 2.97. The van der Waals surface area contributed by atoms with Gasteiger partial charge in [0.1, 0.15) is 0 Å². The lowest BCUT2D eigenvalue weighted by atomic mass is 10.1. The molecule has 0 unspecified atom stereocenters. The molecule has 4 heteroatoms. The van der Waals surface area contributed by atoms with Crippen molar-refractivity contribution in [2.45, 2.75) is 13.5 Å². The molecule has 3 rings (SSSR count). The summed E-state index contributed by atoms with van der Waals surface area (Å²) in [6.45, 7) is 2.44. The Kier molecular flexibility index (Phi) is 3.74. The second-order valence-corrected chi connectivity index (χ2v) is 5.20. The van der Waals surface area contributed by atoms with Crippen LogP contribution in [0.4, 0.5) is 0 Å². The molecule has 110 valence electrons. The van der Waals surface area contributed by atoms with Gasteiger partial charge in [0.25, 0.3) is 5.91 Å². The van der Waals surface area contributed by atoms with Crippen LogP contribution in [0.3, 0.4) is 0 Å². The van der Waals surface area contributed by atoms with Gasteiger partial charge in [-0.05, 0) is 24.1 Å². The van der Waals surface area contributed by atoms with E-state index < -0.39 is 0 Å². The first kappa shape index (κ1) is 14.1. The van der Waals surface area contributed by atoms with E-state index in [0.717, 1.165) is 16.5 Å². The average Bonchev–Trinajstić information content (AvgIpc) is 2.53. The number of rotatable bonds is 3. The van der Waals surface area contributed by atoms with Gasteiger partial charge < -0.3 is 10.3 Å². The summed E-state index contributed by atoms with van der Waals surface area (Å²) in [4.78, 5) is 26.9. The van der Waals surface area contributed by atoms with Crippen molar-refractivity contribution in [3.63, 3.8) is 0 Å². The summed E-state index contributed by atoms with van der Waals surface area (Å²) >= 11 is 0. The summed E-state index contributed by atoms with van der Waals surface area (Å²) in [5.74, 6) is -0.245. The fourth-order valence-corrected chi connectivity index (χ4v) is 2.47. The van der Waals surface area contributed by atoms with E-state index in [9.17, 15) is 9.59 Å². The van der Waals surface area contributed by atoms with E-state index in [2.05, 4.69) is 10.3 Å². The lowest BCUT2D eigenvalue weighted by Crippen LogP contribution is -2.25. The zero-order valence-corrected chi connectivity index (χ0v) is 12.2. The summed E-state index contributed by atoms with van der Waals surface area (Å²) in [6.07, 6.45) is 0. The maximum atomic E-state index is 12.4. The van der Waals surface area contributed by atoms with Crippen LogP contribution in [0.15, 0.2) is 59.4 Å².